The molecule has 1 heterocycles. The van der Waals surface area contributed by atoms with Crippen LogP contribution < -0.4 is 0 Å². The van der Waals surface area contributed by atoms with Gasteiger partial charge < -0.3 is 4.57 Å². The van der Waals surface area contributed by atoms with E-state index in [1.807, 2.05) is 0 Å². The van der Waals surface area contributed by atoms with E-state index < -0.39 is 0 Å². The van der Waals surface area contributed by atoms with Gasteiger partial charge in [0.1, 0.15) is 0 Å². The molecule has 0 aliphatic carbocycles. The Morgan fingerprint density at radius 1 is 0.365 bits per heavy atom. The van der Waals surface area contributed by atoms with Crippen molar-refractivity contribution in [1.29, 1.82) is 0 Å². The molecule has 0 saturated carbocycles. The number of aryl methyl sites for hydroxylation is 2. The van der Waals surface area contributed by atoms with E-state index in [9.17, 15) is 0 Å². The fraction of sp³-hybridized carbons (Fsp3) is 0.0968. The lowest BCUT2D eigenvalue weighted by Crippen LogP contribution is -2.08. The molecule has 63 heavy (non-hydrogen) atoms. The molecule has 0 spiro atoms. The van der Waals surface area contributed by atoms with E-state index in [2.05, 4.69) is 237 Å². The summed E-state index contributed by atoms with van der Waals surface area (Å²) in [6.45, 7) is 4.44. The minimum absolute atomic E-state index is 0.402. The molecule has 302 valence electrons. The van der Waals surface area contributed by atoms with Crippen molar-refractivity contribution >= 4 is 43.4 Å². The van der Waals surface area contributed by atoms with Crippen LogP contribution in [0.1, 0.15) is 40.7 Å². The molecule has 1 aromatic heterocycles. The van der Waals surface area contributed by atoms with Crippen LogP contribution in [-0.2, 0) is 19.3 Å². The first-order valence-electron chi connectivity index (χ1n) is 22.5. The van der Waals surface area contributed by atoms with Crippen LogP contribution in [0.15, 0.2) is 218 Å². The van der Waals surface area contributed by atoms with Crippen molar-refractivity contribution in [3.8, 4) is 39.1 Å². The first kappa shape index (κ1) is 38.4. The Balaban J connectivity index is 0.935. The molecule has 10 aromatic carbocycles. The van der Waals surface area contributed by atoms with E-state index in [1.165, 1.54) is 105 Å². The third-order valence-corrected chi connectivity index (χ3v) is 13.2. The van der Waals surface area contributed by atoms with E-state index in [-0.39, 0.29) is 0 Å². The van der Waals surface area contributed by atoms with Crippen LogP contribution in [0.4, 0.5) is 0 Å². The van der Waals surface area contributed by atoms with Crippen LogP contribution in [0.2, 0.25) is 0 Å². The van der Waals surface area contributed by atoms with Crippen molar-refractivity contribution in [2.45, 2.75) is 39.0 Å². The van der Waals surface area contributed by atoms with Gasteiger partial charge in [0.2, 0.25) is 0 Å². The second-order valence-electron chi connectivity index (χ2n) is 17.2. The van der Waals surface area contributed by atoms with Crippen LogP contribution in [0.25, 0.3) is 82.4 Å². The van der Waals surface area contributed by atoms with Crippen molar-refractivity contribution < 1.29 is 0 Å². The number of nitrogens with zero attached hydrogens (tertiary/aromatic N) is 1. The van der Waals surface area contributed by atoms with Crippen LogP contribution in [-0.4, -0.2) is 4.57 Å². The summed E-state index contributed by atoms with van der Waals surface area (Å²) in [5, 5.41) is 7.60. The minimum atomic E-state index is 0.402. The zero-order chi connectivity index (χ0) is 42.3. The molecule has 1 heteroatoms. The Morgan fingerprint density at radius 2 is 0.905 bits per heavy atom. The average molecular weight is 808 g/mol. The molecule has 11 aromatic rings. The third-order valence-electron chi connectivity index (χ3n) is 13.2. The first-order valence-corrected chi connectivity index (χ1v) is 22.5. The zero-order valence-corrected chi connectivity index (χ0v) is 35.9. The smallest absolute Gasteiger partial charge is 0.0541 e. The number of aromatic nitrogens is 1. The summed E-state index contributed by atoms with van der Waals surface area (Å²) in [5.74, 6) is 0.402. The van der Waals surface area contributed by atoms with Gasteiger partial charge in [-0.2, -0.15) is 0 Å². The van der Waals surface area contributed by atoms with Gasteiger partial charge in [-0.15, -0.1) is 0 Å². The number of hydrogen-bond donors (Lipinski definition) is 0. The molecule has 0 radical (unpaired) electrons. The molecule has 0 saturated heterocycles. The lowest BCUT2D eigenvalue weighted by Gasteiger charge is -2.19. The second-order valence-corrected chi connectivity index (χ2v) is 17.2. The highest BCUT2D eigenvalue weighted by Crippen LogP contribution is 2.44. The van der Waals surface area contributed by atoms with E-state index >= 15 is 0 Å². The highest BCUT2D eigenvalue weighted by Gasteiger charge is 2.19. The molecule has 0 unspecified atom stereocenters. The molecule has 1 atom stereocenters. The normalized spacial score (nSPS) is 12.1. The molecule has 1 nitrogen and oxygen atoms in total. The van der Waals surface area contributed by atoms with Gasteiger partial charge in [0.25, 0.3) is 0 Å². The van der Waals surface area contributed by atoms with E-state index in [0.29, 0.717) is 5.92 Å². The number of para-hydroxylation sites is 1. The molecule has 0 amide bonds. The van der Waals surface area contributed by atoms with Crippen LogP contribution in [0.3, 0.4) is 0 Å². The molecule has 0 aliphatic heterocycles. The van der Waals surface area contributed by atoms with Gasteiger partial charge in [-0.1, -0.05) is 201 Å². The van der Waals surface area contributed by atoms with Crippen molar-refractivity contribution in [2.75, 3.05) is 0 Å². The highest BCUT2D eigenvalue weighted by atomic mass is 15.0. The molecule has 0 N–H and O–H groups in total. The summed E-state index contributed by atoms with van der Waals surface area (Å²) >= 11 is 0. The summed E-state index contributed by atoms with van der Waals surface area (Å²) in [4.78, 5) is 0. The molecule has 11 rings (SSSR count). The highest BCUT2D eigenvalue weighted by molar-refractivity contribution is 6.21. The van der Waals surface area contributed by atoms with E-state index in [1.54, 1.807) is 0 Å². The zero-order valence-electron chi connectivity index (χ0n) is 35.9. The predicted octanol–water partition coefficient (Wildman–Crippen LogP) is 16.5. The second kappa shape index (κ2) is 16.4. The number of rotatable bonds is 10. The number of hydrogen-bond acceptors (Lipinski definition) is 0. The van der Waals surface area contributed by atoms with Crippen molar-refractivity contribution in [3.63, 3.8) is 0 Å². The fourth-order valence-corrected chi connectivity index (χ4v) is 10.2. The quantitative estimate of drug-likeness (QED) is 0.121. The third kappa shape index (κ3) is 7.20. The number of fused-ring (bicyclic) bond motifs is 5. The Morgan fingerprint density at radius 3 is 1.57 bits per heavy atom. The summed E-state index contributed by atoms with van der Waals surface area (Å²) in [6, 6.07) is 81.2. The lowest BCUT2D eigenvalue weighted by molar-refractivity contribution is 0.678. The maximum absolute atomic E-state index is 2.43. The largest absolute Gasteiger partial charge is 0.309 e. The summed E-state index contributed by atoms with van der Waals surface area (Å²) in [6.07, 6.45) is 3.07. The minimum Gasteiger partial charge on any atom is -0.309 e. The van der Waals surface area contributed by atoms with E-state index in [4.69, 9.17) is 0 Å². The predicted molar refractivity (Wildman–Crippen MR) is 269 cm³/mol. The van der Waals surface area contributed by atoms with Gasteiger partial charge >= 0.3 is 0 Å². The first-order chi connectivity index (χ1) is 31.1. The summed E-state index contributed by atoms with van der Waals surface area (Å²) < 4.78 is 2.43. The fourth-order valence-electron chi connectivity index (χ4n) is 10.2. The maximum Gasteiger partial charge on any atom is 0.0541 e. The van der Waals surface area contributed by atoms with Crippen molar-refractivity contribution in [1.82, 2.24) is 4.57 Å². The monoisotopic (exact) mass is 807 g/mol. The van der Waals surface area contributed by atoms with Gasteiger partial charge in [0.05, 0.1) is 11.0 Å². The molecular formula is C62H49N. The van der Waals surface area contributed by atoms with Gasteiger partial charge in [-0.3, -0.25) is 0 Å². The molecule has 0 bridgehead atoms. The Bertz CT molecular complexity index is 3370. The Labute approximate surface area is 370 Å². The number of benzene rings is 10. The topological polar surface area (TPSA) is 4.93 Å². The molecular weight excluding hydrogens is 759 g/mol. The molecule has 0 fully saturated rings. The SMILES string of the molecule is CCc1cccc([C@@H](Cc2ccc(-c3ccc4c(c3)c3ccccc3n4-c3ccc(-c4c5ccccc5c(-c5ccccc5)c5ccccc45)cc3)cc2)Cc2cccc(C)c2)c1. The summed E-state index contributed by atoms with van der Waals surface area (Å²) in [7, 11) is 0. The van der Waals surface area contributed by atoms with Gasteiger partial charge in [-0.25, -0.2) is 0 Å². The summed E-state index contributed by atoms with van der Waals surface area (Å²) in [5.41, 5.74) is 18.0. The van der Waals surface area contributed by atoms with Gasteiger partial charge in [-0.05, 0) is 140 Å². The lowest BCUT2D eigenvalue weighted by atomic mass is 9.85. The van der Waals surface area contributed by atoms with Gasteiger partial charge in [0.15, 0.2) is 0 Å². The van der Waals surface area contributed by atoms with E-state index in [0.717, 1.165) is 24.9 Å². The van der Waals surface area contributed by atoms with Crippen LogP contribution >= 0.6 is 0 Å². The Hall–Kier alpha value is -7.48. The standard InChI is InChI=1S/C62H49N/c1-3-43-16-14-20-49(38-43)51(40-45-17-13-15-42(2)37-45)39-44-27-29-46(30-28-44)50-33-36-60-58(41-50)53-21-11-12-26-59(53)63(60)52-34-31-48(32-35-52)62-56-24-9-7-22-54(56)61(47-18-5-4-6-19-47)55-23-8-10-25-57(55)62/h4-38,41,51H,3,39-40H2,1-2H3/t51-/m0/s1. The Kier molecular flexibility index (Phi) is 10.0. The maximum atomic E-state index is 2.43. The van der Waals surface area contributed by atoms with Crippen molar-refractivity contribution in [3.05, 3.63) is 246 Å². The van der Waals surface area contributed by atoms with Crippen molar-refractivity contribution in [2.24, 2.45) is 0 Å². The van der Waals surface area contributed by atoms with Gasteiger partial charge in [0, 0.05) is 16.5 Å². The van der Waals surface area contributed by atoms with Crippen LogP contribution in [0, 0.1) is 6.92 Å². The van der Waals surface area contributed by atoms with Crippen LogP contribution in [0.5, 0.6) is 0 Å². The average Bonchev–Trinajstić information content (AvgIpc) is 3.67. The molecule has 0 aliphatic rings.